The first-order valence-electron chi connectivity index (χ1n) is 7.03. The zero-order chi connectivity index (χ0) is 15.2. The van der Waals surface area contributed by atoms with Crippen LogP contribution in [0.3, 0.4) is 0 Å². The minimum Gasteiger partial charge on any atom is -0.495 e. The molecule has 6 nitrogen and oxygen atoms in total. The summed E-state index contributed by atoms with van der Waals surface area (Å²) in [7, 11) is 1.63. The predicted octanol–water partition coefficient (Wildman–Crippen LogP) is 2.88. The van der Waals surface area contributed by atoms with Gasteiger partial charge in [0.05, 0.1) is 19.3 Å². The number of methoxy groups -OCH3 is 1. The van der Waals surface area contributed by atoms with Crippen LogP contribution in [0.25, 0.3) is 0 Å². The highest BCUT2D eigenvalue weighted by Crippen LogP contribution is 2.27. The van der Waals surface area contributed by atoms with Gasteiger partial charge < -0.3 is 19.8 Å². The number of aryl methyl sites for hydroxylation is 1. The lowest BCUT2D eigenvalue weighted by Gasteiger charge is -2.08. The molecule has 0 aliphatic carbocycles. The molecule has 2 rings (SSSR count). The molecular formula is C15H22N4O2. The van der Waals surface area contributed by atoms with Crippen molar-refractivity contribution < 1.29 is 9.15 Å². The molecule has 0 atom stereocenters. The lowest BCUT2D eigenvalue weighted by molar-refractivity contribution is 0.416. The number of rotatable bonds is 7. The number of nitrogens with one attached hydrogen (secondary N) is 2. The zero-order valence-electron chi connectivity index (χ0n) is 12.9. The van der Waals surface area contributed by atoms with E-state index in [-0.39, 0.29) is 0 Å². The molecule has 2 N–H and O–H groups in total. The molecule has 0 spiro atoms. The molecule has 2 aromatic rings. The van der Waals surface area contributed by atoms with Crippen molar-refractivity contribution >= 4 is 11.7 Å². The van der Waals surface area contributed by atoms with Crippen LogP contribution >= 0.6 is 0 Å². The molecule has 1 aromatic heterocycles. The van der Waals surface area contributed by atoms with E-state index in [9.17, 15) is 0 Å². The number of hydrogen-bond acceptors (Lipinski definition) is 6. The number of aromatic nitrogens is 2. The van der Waals surface area contributed by atoms with Gasteiger partial charge in [0.15, 0.2) is 0 Å². The predicted molar refractivity (Wildman–Crippen MR) is 81.9 cm³/mol. The van der Waals surface area contributed by atoms with Crippen LogP contribution in [0.1, 0.15) is 25.3 Å². The Balaban J connectivity index is 2.00. The Morgan fingerprint density at radius 1 is 1.29 bits per heavy atom. The van der Waals surface area contributed by atoms with E-state index in [1.54, 1.807) is 7.11 Å². The summed E-state index contributed by atoms with van der Waals surface area (Å²) in [5, 5.41) is 14.3. The molecule has 1 aromatic carbocycles. The van der Waals surface area contributed by atoms with E-state index < -0.39 is 0 Å². The summed E-state index contributed by atoms with van der Waals surface area (Å²) in [6.45, 7) is 7.80. The maximum absolute atomic E-state index is 5.56. The van der Waals surface area contributed by atoms with Crippen LogP contribution in [0.2, 0.25) is 0 Å². The molecule has 21 heavy (non-hydrogen) atoms. The third-order valence-corrected chi connectivity index (χ3v) is 2.89. The fraction of sp³-hybridized carbons (Fsp3) is 0.467. The zero-order valence-corrected chi connectivity index (χ0v) is 12.9. The lowest BCUT2D eigenvalue weighted by Crippen LogP contribution is -2.19. The molecule has 1 heterocycles. The third-order valence-electron chi connectivity index (χ3n) is 2.89. The Bertz CT molecular complexity index is 581. The second kappa shape index (κ2) is 7.08. The molecule has 0 unspecified atom stereocenters. The van der Waals surface area contributed by atoms with Gasteiger partial charge in [0, 0.05) is 0 Å². The highest BCUT2D eigenvalue weighted by molar-refractivity contribution is 5.62. The topological polar surface area (TPSA) is 72.2 Å². The number of hydrogen-bond donors (Lipinski definition) is 2. The second-order valence-electron chi connectivity index (χ2n) is 5.35. The molecule has 0 aliphatic rings. The Kier molecular flexibility index (Phi) is 5.16. The van der Waals surface area contributed by atoms with Crippen LogP contribution in [-0.2, 0) is 6.54 Å². The van der Waals surface area contributed by atoms with Gasteiger partial charge in [-0.15, -0.1) is 5.10 Å². The first-order chi connectivity index (χ1) is 10.1. The Labute approximate surface area is 124 Å². The Morgan fingerprint density at radius 3 is 2.81 bits per heavy atom. The quantitative estimate of drug-likeness (QED) is 0.817. The van der Waals surface area contributed by atoms with Gasteiger partial charge >= 0.3 is 6.01 Å². The van der Waals surface area contributed by atoms with Crippen LogP contribution in [-0.4, -0.2) is 23.9 Å². The molecule has 114 valence electrons. The first-order valence-corrected chi connectivity index (χ1v) is 7.03. The van der Waals surface area contributed by atoms with E-state index >= 15 is 0 Å². The standard InChI is InChI=1S/C15H22N4O2/c1-10(2)8-16-9-14-18-19-15(21-14)17-12-7-11(3)5-6-13(12)20-4/h5-7,10,16H,8-9H2,1-4H3,(H,17,19). The summed E-state index contributed by atoms with van der Waals surface area (Å²) in [6.07, 6.45) is 0. The SMILES string of the molecule is COc1ccc(C)cc1Nc1nnc(CNCC(C)C)o1. The van der Waals surface area contributed by atoms with Crippen molar-refractivity contribution in [3.63, 3.8) is 0 Å². The number of anilines is 2. The van der Waals surface area contributed by atoms with E-state index in [1.165, 1.54) is 0 Å². The van der Waals surface area contributed by atoms with Gasteiger partial charge in [-0.05, 0) is 37.1 Å². The fourth-order valence-electron chi connectivity index (χ4n) is 1.88. The van der Waals surface area contributed by atoms with Crippen LogP contribution < -0.4 is 15.4 Å². The van der Waals surface area contributed by atoms with Crippen molar-refractivity contribution in [2.45, 2.75) is 27.3 Å². The summed E-state index contributed by atoms with van der Waals surface area (Å²) in [5.74, 6) is 1.88. The third kappa shape index (κ3) is 4.46. The maximum atomic E-state index is 5.56. The summed E-state index contributed by atoms with van der Waals surface area (Å²) < 4.78 is 10.9. The second-order valence-corrected chi connectivity index (χ2v) is 5.35. The minimum absolute atomic E-state index is 0.361. The summed E-state index contributed by atoms with van der Waals surface area (Å²) in [5.41, 5.74) is 1.93. The van der Waals surface area contributed by atoms with Crippen molar-refractivity contribution in [2.75, 3.05) is 19.0 Å². The first kappa shape index (κ1) is 15.3. The number of nitrogens with zero attached hydrogens (tertiary/aromatic N) is 2. The van der Waals surface area contributed by atoms with Gasteiger partial charge in [-0.1, -0.05) is 25.0 Å². The van der Waals surface area contributed by atoms with E-state index in [2.05, 4.69) is 34.7 Å². The van der Waals surface area contributed by atoms with Crippen molar-refractivity contribution in [3.8, 4) is 5.75 Å². The van der Waals surface area contributed by atoms with E-state index in [0.29, 0.717) is 24.4 Å². The Morgan fingerprint density at radius 2 is 2.10 bits per heavy atom. The molecule has 0 saturated carbocycles. The average molecular weight is 290 g/mol. The van der Waals surface area contributed by atoms with Gasteiger partial charge in [-0.2, -0.15) is 0 Å². The molecule has 6 heteroatoms. The largest absolute Gasteiger partial charge is 0.495 e. The van der Waals surface area contributed by atoms with E-state index in [0.717, 1.165) is 23.5 Å². The van der Waals surface area contributed by atoms with Crippen LogP contribution in [0.15, 0.2) is 22.6 Å². The molecular weight excluding hydrogens is 268 g/mol. The molecule has 0 amide bonds. The van der Waals surface area contributed by atoms with Crippen molar-refractivity contribution in [3.05, 3.63) is 29.7 Å². The molecule has 0 aliphatic heterocycles. The lowest BCUT2D eigenvalue weighted by atomic mass is 10.2. The van der Waals surface area contributed by atoms with Crippen LogP contribution in [0.5, 0.6) is 5.75 Å². The average Bonchev–Trinajstić information content (AvgIpc) is 2.86. The smallest absolute Gasteiger partial charge is 0.320 e. The van der Waals surface area contributed by atoms with Gasteiger partial charge in [0.1, 0.15) is 5.75 Å². The highest BCUT2D eigenvalue weighted by atomic mass is 16.5. The van der Waals surface area contributed by atoms with Crippen LogP contribution in [0, 0.1) is 12.8 Å². The van der Waals surface area contributed by atoms with Gasteiger partial charge in [0.25, 0.3) is 0 Å². The summed E-state index contributed by atoms with van der Waals surface area (Å²) in [4.78, 5) is 0. The number of ether oxygens (including phenoxy) is 1. The maximum Gasteiger partial charge on any atom is 0.320 e. The van der Waals surface area contributed by atoms with E-state index in [4.69, 9.17) is 9.15 Å². The van der Waals surface area contributed by atoms with Crippen molar-refractivity contribution in [1.29, 1.82) is 0 Å². The number of benzene rings is 1. The molecule has 0 fully saturated rings. The highest BCUT2D eigenvalue weighted by Gasteiger charge is 2.09. The molecule has 0 saturated heterocycles. The fourth-order valence-corrected chi connectivity index (χ4v) is 1.88. The summed E-state index contributed by atoms with van der Waals surface area (Å²) in [6, 6.07) is 6.22. The van der Waals surface area contributed by atoms with Crippen LogP contribution in [0.4, 0.5) is 11.7 Å². The Hall–Kier alpha value is -2.08. The van der Waals surface area contributed by atoms with Gasteiger partial charge in [-0.25, -0.2) is 0 Å². The van der Waals surface area contributed by atoms with Gasteiger partial charge in [-0.3, -0.25) is 0 Å². The minimum atomic E-state index is 0.361. The summed E-state index contributed by atoms with van der Waals surface area (Å²) >= 11 is 0. The van der Waals surface area contributed by atoms with Crippen molar-refractivity contribution in [1.82, 2.24) is 15.5 Å². The monoisotopic (exact) mass is 290 g/mol. The molecule has 0 radical (unpaired) electrons. The normalized spacial score (nSPS) is 10.9. The molecule has 0 bridgehead atoms. The van der Waals surface area contributed by atoms with Gasteiger partial charge in [0.2, 0.25) is 5.89 Å². The van der Waals surface area contributed by atoms with E-state index in [1.807, 2.05) is 25.1 Å². The van der Waals surface area contributed by atoms with Crippen molar-refractivity contribution in [2.24, 2.45) is 5.92 Å².